The second kappa shape index (κ2) is 4.21. The minimum absolute atomic E-state index is 0.0226. The number of benzene rings is 1. The van der Waals surface area contributed by atoms with Crippen molar-refractivity contribution in [2.45, 2.75) is 24.5 Å². The Hall–Kier alpha value is -1.06. The topological polar surface area (TPSA) is 41.1 Å². The second-order valence-corrected chi connectivity index (χ2v) is 4.18. The van der Waals surface area contributed by atoms with Crippen molar-refractivity contribution >= 4 is 17.5 Å². The number of carbonyl (C=O) groups excluding carboxylic acids is 1. The van der Waals surface area contributed by atoms with Crippen LogP contribution in [0.1, 0.15) is 18.7 Å². The van der Waals surface area contributed by atoms with Crippen molar-refractivity contribution in [3.8, 4) is 0 Å². The fraction of sp³-hybridized carbons (Fsp3) is 0.364. The van der Waals surface area contributed by atoms with Crippen LogP contribution in [0, 0.1) is 0 Å². The van der Waals surface area contributed by atoms with E-state index in [1.807, 2.05) is 37.3 Å². The maximum Gasteiger partial charge on any atom is 0.241 e. The average Bonchev–Trinajstić information content (AvgIpc) is 2.26. The van der Waals surface area contributed by atoms with Gasteiger partial charge in [0.05, 0.1) is 0 Å². The van der Waals surface area contributed by atoms with Gasteiger partial charge in [-0.15, -0.1) is 11.6 Å². The van der Waals surface area contributed by atoms with Crippen molar-refractivity contribution in [1.82, 2.24) is 10.6 Å². The summed E-state index contributed by atoms with van der Waals surface area (Å²) in [7, 11) is 0. The normalized spacial score (nSPS) is 31.1. The predicted octanol–water partition coefficient (Wildman–Crippen LogP) is 1.40. The highest BCUT2D eigenvalue weighted by molar-refractivity contribution is 6.31. The molecule has 1 saturated heterocycles. The van der Waals surface area contributed by atoms with Gasteiger partial charge in [-0.2, -0.15) is 0 Å². The van der Waals surface area contributed by atoms with Crippen LogP contribution in [0.15, 0.2) is 30.3 Å². The van der Waals surface area contributed by atoms with Crippen molar-refractivity contribution in [1.29, 1.82) is 0 Å². The Labute approximate surface area is 93.8 Å². The van der Waals surface area contributed by atoms with E-state index in [0.29, 0.717) is 0 Å². The lowest BCUT2D eigenvalue weighted by molar-refractivity contribution is -0.123. The number of carbonyl (C=O) groups is 1. The summed E-state index contributed by atoms with van der Waals surface area (Å²) in [5.74, 6) is -0.114. The molecule has 4 heteroatoms. The molecule has 1 fully saturated rings. The first kappa shape index (κ1) is 10.5. The lowest BCUT2D eigenvalue weighted by Crippen LogP contribution is -2.56. The molecule has 2 N–H and O–H groups in total. The van der Waals surface area contributed by atoms with Crippen LogP contribution in [-0.4, -0.2) is 17.3 Å². The van der Waals surface area contributed by atoms with Crippen molar-refractivity contribution < 1.29 is 4.79 Å². The van der Waals surface area contributed by atoms with Gasteiger partial charge in [-0.25, -0.2) is 0 Å². The predicted molar refractivity (Wildman–Crippen MR) is 59.6 cm³/mol. The van der Waals surface area contributed by atoms with E-state index < -0.39 is 5.38 Å². The Morgan fingerprint density at radius 3 is 2.53 bits per heavy atom. The molecule has 3 atom stereocenters. The minimum Gasteiger partial charge on any atom is -0.335 e. The lowest BCUT2D eigenvalue weighted by atomic mass is 10.1. The molecule has 1 aliphatic rings. The fourth-order valence-corrected chi connectivity index (χ4v) is 1.80. The molecule has 1 amide bonds. The standard InChI is InChI=1S/C11H13ClN2O/c1-7-9(12)11(15)14-10(13-7)8-5-3-2-4-6-8/h2-7,9-10,13H,1H3,(H,14,15). The molecule has 2 rings (SSSR count). The monoisotopic (exact) mass is 224 g/mol. The first-order valence-electron chi connectivity index (χ1n) is 4.94. The van der Waals surface area contributed by atoms with Gasteiger partial charge < -0.3 is 5.32 Å². The van der Waals surface area contributed by atoms with Gasteiger partial charge in [0.25, 0.3) is 0 Å². The molecule has 1 aliphatic heterocycles. The Kier molecular flexibility index (Phi) is 2.93. The van der Waals surface area contributed by atoms with Crippen LogP contribution in [-0.2, 0) is 4.79 Å². The third kappa shape index (κ3) is 2.13. The molecule has 0 spiro atoms. The first-order chi connectivity index (χ1) is 7.18. The highest BCUT2D eigenvalue weighted by Gasteiger charge is 2.32. The van der Waals surface area contributed by atoms with Gasteiger partial charge in [0.15, 0.2) is 0 Å². The van der Waals surface area contributed by atoms with Crippen molar-refractivity contribution in [2.24, 2.45) is 0 Å². The van der Waals surface area contributed by atoms with Crippen LogP contribution in [0.5, 0.6) is 0 Å². The summed E-state index contributed by atoms with van der Waals surface area (Å²) in [6.07, 6.45) is -0.135. The average molecular weight is 225 g/mol. The smallest absolute Gasteiger partial charge is 0.241 e. The van der Waals surface area contributed by atoms with Gasteiger partial charge in [-0.1, -0.05) is 30.3 Å². The summed E-state index contributed by atoms with van der Waals surface area (Å²) in [6.45, 7) is 1.91. The van der Waals surface area contributed by atoms with Gasteiger partial charge in [-0.05, 0) is 12.5 Å². The SMILES string of the molecule is CC1NC(c2ccccc2)NC(=O)C1Cl. The van der Waals surface area contributed by atoms with Crippen molar-refractivity contribution in [3.63, 3.8) is 0 Å². The molecule has 1 aromatic rings. The van der Waals surface area contributed by atoms with Crippen LogP contribution in [0.3, 0.4) is 0 Å². The quantitative estimate of drug-likeness (QED) is 0.708. The van der Waals surface area contributed by atoms with Crippen LogP contribution >= 0.6 is 11.6 Å². The molecular formula is C11H13ClN2O. The maximum atomic E-state index is 11.5. The van der Waals surface area contributed by atoms with Crippen LogP contribution < -0.4 is 10.6 Å². The van der Waals surface area contributed by atoms with E-state index in [2.05, 4.69) is 10.6 Å². The van der Waals surface area contributed by atoms with Crippen molar-refractivity contribution in [3.05, 3.63) is 35.9 Å². The van der Waals surface area contributed by atoms with E-state index in [1.165, 1.54) is 0 Å². The van der Waals surface area contributed by atoms with E-state index in [9.17, 15) is 4.79 Å². The maximum absolute atomic E-state index is 11.5. The Bertz CT molecular complexity index is 355. The third-order valence-corrected chi connectivity index (χ3v) is 3.11. The molecule has 15 heavy (non-hydrogen) atoms. The number of amides is 1. The summed E-state index contributed by atoms with van der Waals surface area (Å²) < 4.78 is 0. The third-order valence-electron chi connectivity index (χ3n) is 2.54. The molecule has 80 valence electrons. The van der Waals surface area contributed by atoms with Crippen LogP contribution in [0.4, 0.5) is 0 Å². The van der Waals surface area contributed by atoms with E-state index in [-0.39, 0.29) is 18.1 Å². The molecule has 1 aromatic carbocycles. The highest BCUT2D eigenvalue weighted by Crippen LogP contribution is 2.17. The summed E-state index contributed by atoms with van der Waals surface area (Å²) in [5, 5.41) is 5.58. The fourth-order valence-electron chi connectivity index (χ4n) is 1.66. The van der Waals surface area contributed by atoms with Crippen LogP contribution in [0.25, 0.3) is 0 Å². The van der Waals surface area contributed by atoms with Gasteiger partial charge in [0.2, 0.25) is 5.91 Å². The summed E-state index contributed by atoms with van der Waals surface area (Å²) in [5.41, 5.74) is 1.04. The number of rotatable bonds is 1. The molecule has 3 unspecified atom stereocenters. The van der Waals surface area contributed by atoms with Crippen molar-refractivity contribution in [2.75, 3.05) is 0 Å². The zero-order valence-corrected chi connectivity index (χ0v) is 9.16. The minimum atomic E-state index is -0.495. The highest BCUT2D eigenvalue weighted by atomic mass is 35.5. The molecular weight excluding hydrogens is 212 g/mol. The summed E-state index contributed by atoms with van der Waals surface area (Å²) in [4.78, 5) is 11.5. The largest absolute Gasteiger partial charge is 0.335 e. The first-order valence-corrected chi connectivity index (χ1v) is 5.37. The molecule has 0 aromatic heterocycles. The van der Waals surface area contributed by atoms with Crippen LogP contribution in [0.2, 0.25) is 0 Å². The molecule has 0 saturated carbocycles. The lowest BCUT2D eigenvalue weighted by Gasteiger charge is -2.33. The zero-order valence-electron chi connectivity index (χ0n) is 8.41. The Morgan fingerprint density at radius 1 is 1.27 bits per heavy atom. The molecule has 0 bridgehead atoms. The number of hydrogen-bond acceptors (Lipinski definition) is 2. The van der Waals surface area contributed by atoms with E-state index in [4.69, 9.17) is 11.6 Å². The molecule has 0 radical (unpaired) electrons. The van der Waals surface area contributed by atoms with E-state index in [0.717, 1.165) is 5.56 Å². The Balaban J connectivity index is 2.16. The molecule has 0 aliphatic carbocycles. The van der Waals surface area contributed by atoms with Gasteiger partial charge >= 0.3 is 0 Å². The summed E-state index contributed by atoms with van der Waals surface area (Å²) >= 11 is 5.90. The van der Waals surface area contributed by atoms with Gasteiger partial charge in [0, 0.05) is 6.04 Å². The number of halogens is 1. The number of hydrogen-bond donors (Lipinski definition) is 2. The number of alkyl halides is 1. The van der Waals surface area contributed by atoms with E-state index in [1.54, 1.807) is 0 Å². The van der Waals surface area contributed by atoms with E-state index >= 15 is 0 Å². The summed E-state index contributed by atoms with van der Waals surface area (Å²) in [6, 6.07) is 9.76. The number of nitrogens with one attached hydrogen (secondary N) is 2. The zero-order chi connectivity index (χ0) is 10.8. The van der Waals surface area contributed by atoms with Gasteiger partial charge in [-0.3, -0.25) is 10.1 Å². The second-order valence-electron chi connectivity index (χ2n) is 3.71. The molecule has 3 nitrogen and oxygen atoms in total. The Morgan fingerprint density at radius 2 is 1.93 bits per heavy atom. The molecule has 1 heterocycles. The van der Waals surface area contributed by atoms with Gasteiger partial charge in [0.1, 0.15) is 11.5 Å².